The SMILES string of the molecule is CC(C)(C)OC(=O)NCCC1(N)CC1. The molecule has 0 bridgehead atoms. The van der Waals surface area contributed by atoms with Gasteiger partial charge in [0.25, 0.3) is 0 Å². The summed E-state index contributed by atoms with van der Waals surface area (Å²) in [7, 11) is 0. The monoisotopic (exact) mass is 200 g/mol. The number of hydrogen-bond acceptors (Lipinski definition) is 3. The molecule has 4 nitrogen and oxygen atoms in total. The Balaban J connectivity index is 2.09. The average Bonchev–Trinajstić information content (AvgIpc) is 2.64. The fraction of sp³-hybridized carbons (Fsp3) is 0.900. The summed E-state index contributed by atoms with van der Waals surface area (Å²) in [4.78, 5) is 11.2. The summed E-state index contributed by atoms with van der Waals surface area (Å²) in [5.74, 6) is 0. The molecule has 3 N–H and O–H groups in total. The Morgan fingerprint density at radius 2 is 2.07 bits per heavy atom. The lowest BCUT2D eigenvalue weighted by molar-refractivity contribution is 0.0526. The minimum atomic E-state index is -0.427. The lowest BCUT2D eigenvalue weighted by atomic mass is 10.2. The van der Waals surface area contributed by atoms with Crippen LogP contribution in [0.15, 0.2) is 0 Å². The minimum absolute atomic E-state index is 0.00495. The van der Waals surface area contributed by atoms with E-state index in [1.54, 1.807) is 0 Å². The van der Waals surface area contributed by atoms with Gasteiger partial charge in [0.05, 0.1) is 0 Å². The molecular formula is C10H20N2O2. The van der Waals surface area contributed by atoms with Crippen LogP contribution >= 0.6 is 0 Å². The molecule has 0 aromatic carbocycles. The van der Waals surface area contributed by atoms with E-state index in [9.17, 15) is 4.79 Å². The largest absolute Gasteiger partial charge is 0.444 e. The second-order valence-electron chi connectivity index (χ2n) is 5.04. The second-order valence-corrected chi connectivity index (χ2v) is 5.04. The van der Waals surface area contributed by atoms with E-state index in [4.69, 9.17) is 10.5 Å². The number of nitrogens with one attached hydrogen (secondary N) is 1. The molecule has 0 radical (unpaired) electrons. The molecule has 0 spiro atoms. The zero-order valence-corrected chi connectivity index (χ0v) is 9.22. The maximum atomic E-state index is 11.2. The van der Waals surface area contributed by atoms with Gasteiger partial charge in [-0.1, -0.05) is 0 Å². The second kappa shape index (κ2) is 3.77. The first kappa shape index (κ1) is 11.3. The molecule has 14 heavy (non-hydrogen) atoms. The van der Waals surface area contributed by atoms with Gasteiger partial charge in [-0.15, -0.1) is 0 Å². The minimum Gasteiger partial charge on any atom is -0.444 e. The van der Waals surface area contributed by atoms with Gasteiger partial charge < -0.3 is 15.8 Å². The first-order chi connectivity index (χ1) is 6.31. The number of ether oxygens (including phenoxy) is 1. The van der Waals surface area contributed by atoms with E-state index in [1.165, 1.54) is 0 Å². The van der Waals surface area contributed by atoms with Gasteiger partial charge in [0, 0.05) is 12.1 Å². The maximum Gasteiger partial charge on any atom is 0.407 e. The zero-order valence-electron chi connectivity index (χ0n) is 9.22. The number of carbonyl (C=O) groups excluding carboxylic acids is 1. The standard InChI is InChI=1S/C10H20N2O2/c1-9(2,3)14-8(13)12-7-6-10(11)4-5-10/h4-7,11H2,1-3H3,(H,12,13). The Labute approximate surface area is 85.2 Å². The normalized spacial score (nSPS) is 18.9. The van der Waals surface area contributed by atoms with Gasteiger partial charge in [0.1, 0.15) is 5.60 Å². The fourth-order valence-corrected chi connectivity index (χ4v) is 1.14. The van der Waals surface area contributed by atoms with Crippen LogP contribution in [0.2, 0.25) is 0 Å². The third-order valence-electron chi connectivity index (χ3n) is 2.18. The summed E-state index contributed by atoms with van der Waals surface area (Å²) < 4.78 is 5.08. The van der Waals surface area contributed by atoms with Gasteiger partial charge in [0.15, 0.2) is 0 Å². The van der Waals surface area contributed by atoms with Crippen molar-refractivity contribution in [2.45, 2.75) is 51.2 Å². The van der Waals surface area contributed by atoms with Crippen LogP contribution in [0, 0.1) is 0 Å². The predicted molar refractivity (Wildman–Crippen MR) is 55.0 cm³/mol. The molecule has 0 atom stereocenters. The van der Waals surface area contributed by atoms with E-state index in [-0.39, 0.29) is 11.6 Å². The van der Waals surface area contributed by atoms with E-state index in [0.29, 0.717) is 6.54 Å². The third-order valence-corrected chi connectivity index (χ3v) is 2.18. The van der Waals surface area contributed by atoms with Crippen molar-refractivity contribution in [3.05, 3.63) is 0 Å². The molecule has 0 saturated heterocycles. The molecule has 1 saturated carbocycles. The molecule has 82 valence electrons. The molecule has 0 aliphatic heterocycles. The predicted octanol–water partition coefficient (Wildman–Crippen LogP) is 1.39. The lowest BCUT2D eigenvalue weighted by Gasteiger charge is -2.20. The molecule has 4 heteroatoms. The molecule has 1 aliphatic carbocycles. The summed E-state index contributed by atoms with van der Waals surface area (Å²) in [6.07, 6.45) is 2.62. The highest BCUT2D eigenvalue weighted by Gasteiger charge is 2.37. The van der Waals surface area contributed by atoms with Crippen molar-refractivity contribution in [2.24, 2.45) is 5.73 Å². The van der Waals surface area contributed by atoms with Gasteiger partial charge >= 0.3 is 6.09 Å². The van der Waals surface area contributed by atoms with E-state index in [1.807, 2.05) is 20.8 Å². The average molecular weight is 200 g/mol. The van der Waals surface area contributed by atoms with Crippen LogP contribution in [-0.2, 0) is 4.74 Å². The van der Waals surface area contributed by atoms with Crippen LogP contribution in [0.1, 0.15) is 40.0 Å². The van der Waals surface area contributed by atoms with Crippen molar-refractivity contribution in [1.29, 1.82) is 0 Å². The highest BCUT2D eigenvalue weighted by molar-refractivity contribution is 5.67. The number of alkyl carbamates (subject to hydrolysis) is 1. The molecule has 0 aromatic rings. The molecule has 1 aliphatic rings. The smallest absolute Gasteiger partial charge is 0.407 e. The first-order valence-corrected chi connectivity index (χ1v) is 5.07. The van der Waals surface area contributed by atoms with E-state index >= 15 is 0 Å². The van der Waals surface area contributed by atoms with Crippen molar-refractivity contribution < 1.29 is 9.53 Å². The van der Waals surface area contributed by atoms with Gasteiger partial charge in [-0.3, -0.25) is 0 Å². The summed E-state index contributed by atoms with van der Waals surface area (Å²) in [6, 6.07) is 0. The molecule has 0 aromatic heterocycles. The van der Waals surface area contributed by atoms with Crippen molar-refractivity contribution in [3.8, 4) is 0 Å². The quantitative estimate of drug-likeness (QED) is 0.723. The summed E-state index contributed by atoms with van der Waals surface area (Å²) >= 11 is 0. The number of hydrogen-bond donors (Lipinski definition) is 2. The number of amides is 1. The van der Waals surface area contributed by atoms with Crippen LogP contribution in [0.25, 0.3) is 0 Å². The van der Waals surface area contributed by atoms with Gasteiger partial charge in [-0.2, -0.15) is 0 Å². The summed E-state index contributed by atoms with van der Waals surface area (Å²) in [6.45, 7) is 6.14. The molecule has 0 unspecified atom stereocenters. The fourth-order valence-electron chi connectivity index (χ4n) is 1.14. The van der Waals surface area contributed by atoms with Crippen molar-refractivity contribution in [3.63, 3.8) is 0 Å². The van der Waals surface area contributed by atoms with Gasteiger partial charge in [0.2, 0.25) is 0 Å². The van der Waals surface area contributed by atoms with Crippen molar-refractivity contribution in [2.75, 3.05) is 6.54 Å². The Hall–Kier alpha value is -0.770. The van der Waals surface area contributed by atoms with Crippen molar-refractivity contribution in [1.82, 2.24) is 5.32 Å². The topological polar surface area (TPSA) is 64.3 Å². The molecule has 1 fully saturated rings. The number of nitrogens with two attached hydrogens (primary N) is 1. The molecule has 1 rings (SSSR count). The highest BCUT2D eigenvalue weighted by Crippen LogP contribution is 2.34. The molecule has 0 heterocycles. The van der Waals surface area contributed by atoms with Gasteiger partial charge in [-0.05, 0) is 40.0 Å². The van der Waals surface area contributed by atoms with E-state index in [0.717, 1.165) is 19.3 Å². The Bertz CT molecular complexity index is 217. The Morgan fingerprint density at radius 1 is 1.50 bits per heavy atom. The first-order valence-electron chi connectivity index (χ1n) is 5.07. The summed E-state index contributed by atoms with van der Waals surface area (Å²) in [5, 5.41) is 2.69. The van der Waals surface area contributed by atoms with Crippen molar-refractivity contribution >= 4 is 6.09 Å². The van der Waals surface area contributed by atoms with Crippen LogP contribution in [0.4, 0.5) is 4.79 Å². The van der Waals surface area contributed by atoms with Crippen LogP contribution < -0.4 is 11.1 Å². The number of rotatable bonds is 3. The lowest BCUT2D eigenvalue weighted by Crippen LogP contribution is -2.35. The number of carbonyl (C=O) groups is 1. The van der Waals surface area contributed by atoms with E-state index < -0.39 is 5.60 Å². The molecular weight excluding hydrogens is 180 g/mol. The van der Waals surface area contributed by atoms with Crippen LogP contribution in [-0.4, -0.2) is 23.8 Å². The summed E-state index contributed by atoms with van der Waals surface area (Å²) in [5.41, 5.74) is 5.44. The maximum absolute atomic E-state index is 11.2. The van der Waals surface area contributed by atoms with Gasteiger partial charge in [-0.25, -0.2) is 4.79 Å². The Kier molecular flexibility index (Phi) is 3.04. The van der Waals surface area contributed by atoms with Crippen LogP contribution in [0.5, 0.6) is 0 Å². The zero-order chi connectivity index (χ0) is 10.8. The highest BCUT2D eigenvalue weighted by atomic mass is 16.6. The molecule has 1 amide bonds. The Morgan fingerprint density at radius 3 is 2.50 bits per heavy atom. The third kappa shape index (κ3) is 4.46. The van der Waals surface area contributed by atoms with E-state index in [2.05, 4.69) is 5.32 Å². The van der Waals surface area contributed by atoms with Crippen LogP contribution in [0.3, 0.4) is 0 Å².